The summed E-state index contributed by atoms with van der Waals surface area (Å²) in [5, 5.41) is 12.0. The van der Waals surface area contributed by atoms with Gasteiger partial charge in [0.25, 0.3) is 0 Å². The average Bonchev–Trinajstić information content (AvgIpc) is 3.03. The standard InChI is InChI=1S/C19H12N2OS/c20-11-12-22-16-10-9-13-5-1-2-6-14(13)18(16)19-21-15-7-3-4-8-17(15)23-19/h1-10H,12H2. The van der Waals surface area contributed by atoms with Crippen LogP contribution in [0.1, 0.15) is 0 Å². The normalized spacial score (nSPS) is 10.7. The molecule has 1 aromatic heterocycles. The predicted octanol–water partition coefficient (Wildman–Crippen LogP) is 5.02. The molecule has 4 rings (SSSR count). The minimum atomic E-state index is 0.0240. The Morgan fingerprint density at radius 1 is 1.00 bits per heavy atom. The summed E-state index contributed by atoms with van der Waals surface area (Å²) < 4.78 is 6.79. The number of fused-ring (bicyclic) bond motifs is 2. The summed E-state index contributed by atoms with van der Waals surface area (Å²) >= 11 is 1.64. The number of hydrogen-bond donors (Lipinski definition) is 0. The summed E-state index contributed by atoms with van der Waals surface area (Å²) in [6, 6.07) is 22.2. The topological polar surface area (TPSA) is 45.9 Å². The molecule has 110 valence electrons. The lowest BCUT2D eigenvalue weighted by Crippen LogP contribution is -1.96. The second kappa shape index (κ2) is 5.71. The number of rotatable bonds is 3. The Hall–Kier alpha value is -2.90. The lowest BCUT2D eigenvalue weighted by Gasteiger charge is -2.10. The second-order valence-corrected chi connectivity index (χ2v) is 6.12. The smallest absolute Gasteiger partial charge is 0.174 e. The molecule has 0 fully saturated rings. The first-order valence-corrected chi connectivity index (χ1v) is 8.06. The largest absolute Gasteiger partial charge is 0.478 e. The molecule has 0 spiro atoms. The number of thiazole rings is 1. The summed E-state index contributed by atoms with van der Waals surface area (Å²) in [6.07, 6.45) is 0. The fourth-order valence-corrected chi connectivity index (χ4v) is 3.71. The van der Waals surface area contributed by atoms with Crippen molar-refractivity contribution < 1.29 is 4.74 Å². The third kappa shape index (κ3) is 2.41. The molecule has 0 aliphatic carbocycles. The Bertz CT molecular complexity index is 1010. The van der Waals surface area contributed by atoms with Gasteiger partial charge in [0.1, 0.15) is 16.8 Å². The zero-order valence-electron chi connectivity index (χ0n) is 12.2. The molecule has 0 unspecified atom stereocenters. The number of para-hydroxylation sites is 1. The van der Waals surface area contributed by atoms with E-state index >= 15 is 0 Å². The molecule has 0 aliphatic rings. The molecular formula is C19H12N2OS. The third-order valence-corrected chi connectivity index (χ3v) is 4.74. The third-order valence-electron chi connectivity index (χ3n) is 3.69. The Balaban J connectivity index is 2.00. The number of benzene rings is 3. The quantitative estimate of drug-likeness (QED) is 0.533. The van der Waals surface area contributed by atoms with E-state index in [9.17, 15) is 0 Å². The summed E-state index contributed by atoms with van der Waals surface area (Å²) in [7, 11) is 0. The van der Waals surface area contributed by atoms with Gasteiger partial charge in [0.05, 0.1) is 15.8 Å². The number of hydrogen-bond acceptors (Lipinski definition) is 4. The van der Waals surface area contributed by atoms with Crippen LogP contribution in [0.25, 0.3) is 31.6 Å². The molecule has 1 heterocycles. The number of nitrogens with zero attached hydrogens (tertiary/aromatic N) is 2. The summed E-state index contributed by atoms with van der Waals surface area (Å²) in [6.45, 7) is 0.0240. The lowest BCUT2D eigenvalue weighted by atomic mass is 10.0. The molecule has 0 amide bonds. The van der Waals surface area contributed by atoms with Gasteiger partial charge in [0, 0.05) is 0 Å². The van der Waals surface area contributed by atoms with Crippen LogP contribution in [0.5, 0.6) is 5.75 Å². The molecule has 0 N–H and O–H groups in total. The van der Waals surface area contributed by atoms with Crippen LogP contribution in [0.2, 0.25) is 0 Å². The Kier molecular flexibility index (Phi) is 3.41. The molecular weight excluding hydrogens is 304 g/mol. The molecule has 0 saturated heterocycles. The van der Waals surface area contributed by atoms with E-state index in [0.717, 1.165) is 31.6 Å². The van der Waals surface area contributed by atoms with Crippen molar-refractivity contribution in [3.63, 3.8) is 0 Å². The highest BCUT2D eigenvalue weighted by atomic mass is 32.1. The van der Waals surface area contributed by atoms with Gasteiger partial charge in [-0.2, -0.15) is 5.26 Å². The fourth-order valence-electron chi connectivity index (χ4n) is 2.68. The molecule has 0 bridgehead atoms. The molecule has 4 aromatic rings. The van der Waals surface area contributed by atoms with Crippen LogP contribution < -0.4 is 4.74 Å². The van der Waals surface area contributed by atoms with Crippen molar-refractivity contribution >= 4 is 32.3 Å². The van der Waals surface area contributed by atoms with Crippen molar-refractivity contribution in [3.8, 4) is 22.4 Å². The van der Waals surface area contributed by atoms with Crippen LogP contribution in [0.15, 0.2) is 60.7 Å². The van der Waals surface area contributed by atoms with E-state index in [1.165, 1.54) is 0 Å². The highest BCUT2D eigenvalue weighted by Gasteiger charge is 2.15. The van der Waals surface area contributed by atoms with Crippen molar-refractivity contribution in [1.82, 2.24) is 4.98 Å². The van der Waals surface area contributed by atoms with Gasteiger partial charge in [-0.15, -0.1) is 11.3 Å². The average molecular weight is 316 g/mol. The molecule has 0 radical (unpaired) electrons. The zero-order valence-corrected chi connectivity index (χ0v) is 13.0. The minimum absolute atomic E-state index is 0.0240. The number of ether oxygens (including phenoxy) is 1. The first-order chi connectivity index (χ1) is 11.4. The van der Waals surface area contributed by atoms with Crippen LogP contribution in [0, 0.1) is 11.3 Å². The van der Waals surface area contributed by atoms with Gasteiger partial charge in [-0.05, 0) is 29.0 Å². The zero-order chi connectivity index (χ0) is 15.6. The van der Waals surface area contributed by atoms with E-state index in [-0.39, 0.29) is 6.61 Å². The van der Waals surface area contributed by atoms with Crippen LogP contribution in [0.3, 0.4) is 0 Å². The van der Waals surface area contributed by atoms with Gasteiger partial charge in [0.2, 0.25) is 0 Å². The van der Waals surface area contributed by atoms with Gasteiger partial charge in [-0.25, -0.2) is 4.98 Å². The Morgan fingerprint density at radius 3 is 2.70 bits per heavy atom. The fraction of sp³-hybridized carbons (Fsp3) is 0.0526. The lowest BCUT2D eigenvalue weighted by molar-refractivity contribution is 0.370. The first kappa shape index (κ1) is 13.7. The van der Waals surface area contributed by atoms with Gasteiger partial charge in [-0.3, -0.25) is 0 Å². The predicted molar refractivity (Wildman–Crippen MR) is 93.7 cm³/mol. The first-order valence-electron chi connectivity index (χ1n) is 7.24. The van der Waals surface area contributed by atoms with Crippen LogP contribution >= 0.6 is 11.3 Å². The summed E-state index contributed by atoms with van der Waals surface area (Å²) in [5.74, 6) is 0.698. The number of aromatic nitrogens is 1. The van der Waals surface area contributed by atoms with E-state index in [4.69, 9.17) is 15.0 Å². The molecule has 0 atom stereocenters. The van der Waals surface area contributed by atoms with Crippen LogP contribution in [0.4, 0.5) is 0 Å². The van der Waals surface area contributed by atoms with Crippen LogP contribution in [-0.2, 0) is 0 Å². The van der Waals surface area contributed by atoms with Gasteiger partial charge in [0.15, 0.2) is 6.61 Å². The van der Waals surface area contributed by atoms with Crippen molar-refractivity contribution in [2.45, 2.75) is 0 Å². The maximum absolute atomic E-state index is 8.83. The van der Waals surface area contributed by atoms with Crippen molar-refractivity contribution in [2.24, 2.45) is 0 Å². The van der Waals surface area contributed by atoms with E-state index in [1.54, 1.807) is 11.3 Å². The van der Waals surface area contributed by atoms with Crippen molar-refractivity contribution in [3.05, 3.63) is 60.7 Å². The maximum Gasteiger partial charge on any atom is 0.174 e. The summed E-state index contributed by atoms with van der Waals surface area (Å²) in [5.41, 5.74) is 1.94. The monoisotopic (exact) mass is 316 g/mol. The highest BCUT2D eigenvalue weighted by Crippen LogP contribution is 2.40. The van der Waals surface area contributed by atoms with E-state index < -0.39 is 0 Å². The van der Waals surface area contributed by atoms with Gasteiger partial charge < -0.3 is 4.74 Å². The van der Waals surface area contributed by atoms with Gasteiger partial charge >= 0.3 is 0 Å². The Morgan fingerprint density at radius 2 is 1.83 bits per heavy atom. The maximum atomic E-state index is 8.83. The van der Waals surface area contributed by atoms with Gasteiger partial charge in [-0.1, -0.05) is 42.5 Å². The molecule has 0 saturated carbocycles. The SMILES string of the molecule is N#CCOc1ccc2ccccc2c1-c1nc2ccccc2s1. The molecule has 4 heteroatoms. The molecule has 3 aromatic carbocycles. The number of nitriles is 1. The van der Waals surface area contributed by atoms with Crippen LogP contribution in [-0.4, -0.2) is 11.6 Å². The van der Waals surface area contributed by atoms with Crippen molar-refractivity contribution in [2.75, 3.05) is 6.61 Å². The van der Waals surface area contributed by atoms with Crippen molar-refractivity contribution in [1.29, 1.82) is 5.26 Å². The molecule has 3 nitrogen and oxygen atoms in total. The minimum Gasteiger partial charge on any atom is -0.478 e. The highest BCUT2D eigenvalue weighted by molar-refractivity contribution is 7.21. The second-order valence-electron chi connectivity index (χ2n) is 5.09. The Labute approximate surface area is 137 Å². The van der Waals surface area contributed by atoms with E-state index in [0.29, 0.717) is 5.75 Å². The molecule has 0 aliphatic heterocycles. The summed E-state index contributed by atoms with van der Waals surface area (Å²) in [4.78, 5) is 4.76. The molecule has 23 heavy (non-hydrogen) atoms. The van der Waals surface area contributed by atoms with E-state index in [2.05, 4.69) is 18.2 Å². The van der Waals surface area contributed by atoms with E-state index in [1.807, 2.05) is 48.5 Å².